The topological polar surface area (TPSA) is 85.0 Å². The summed E-state index contributed by atoms with van der Waals surface area (Å²) in [6.45, 7) is 7.70. The minimum Gasteiger partial charge on any atom is -0.391 e. The zero-order chi connectivity index (χ0) is 16.4. The lowest BCUT2D eigenvalue weighted by Crippen LogP contribution is -2.35. The fourth-order valence-electron chi connectivity index (χ4n) is 2.31. The van der Waals surface area contributed by atoms with Gasteiger partial charge in [-0.25, -0.2) is 4.98 Å². The van der Waals surface area contributed by atoms with Crippen molar-refractivity contribution in [3.05, 3.63) is 29.5 Å². The van der Waals surface area contributed by atoms with Gasteiger partial charge < -0.3 is 10.4 Å². The Bertz CT molecular complexity index is 672. The van der Waals surface area contributed by atoms with Gasteiger partial charge >= 0.3 is 0 Å². The molecule has 0 aliphatic rings. The fraction of sp³-hybridized carbons (Fsp3) is 0.533. The van der Waals surface area contributed by atoms with Gasteiger partial charge in [-0.2, -0.15) is 5.10 Å². The van der Waals surface area contributed by atoms with Crippen molar-refractivity contribution in [2.75, 3.05) is 6.54 Å². The third kappa shape index (κ3) is 3.04. The lowest BCUT2D eigenvalue weighted by atomic mass is 10.1. The van der Waals surface area contributed by atoms with Gasteiger partial charge in [-0.3, -0.25) is 14.0 Å². The van der Waals surface area contributed by atoms with Crippen LogP contribution in [0.25, 0.3) is 5.82 Å². The van der Waals surface area contributed by atoms with Gasteiger partial charge in [-0.05, 0) is 19.8 Å². The number of nitrogens with one attached hydrogen (secondary N) is 1. The molecular formula is C15H23N5O2. The van der Waals surface area contributed by atoms with E-state index in [4.69, 9.17) is 0 Å². The Morgan fingerprint density at radius 3 is 2.64 bits per heavy atom. The van der Waals surface area contributed by atoms with Crippen LogP contribution < -0.4 is 5.32 Å². The minimum atomic E-state index is -0.570. The van der Waals surface area contributed by atoms with Crippen LogP contribution >= 0.6 is 0 Å². The van der Waals surface area contributed by atoms with E-state index < -0.39 is 6.10 Å². The van der Waals surface area contributed by atoms with Gasteiger partial charge in [0.2, 0.25) is 0 Å². The second-order valence-electron chi connectivity index (χ2n) is 5.77. The van der Waals surface area contributed by atoms with Crippen molar-refractivity contribution >= 4 is 5.91 Å². The summed E-state index contributed by atoms with van der Waals surface area (Å²) in [5.74, 6) is 1.29. The van der Waals surface area contributed by atoms with Gasteiger partial charge in [0.1, 0.15) is 17.2 Å². The Labute approximate surface area is 130 Å². The second kappa shape index (κ2) is 6.31. The smallest absolute Gasteiger partial charge is 0.257 e. The van der Waals surface area contributed by atoms with Gasteiger partial charge in [0, 0.05) is 26.0 Å². The Kier molecular flexibility index (Phi) is 4.65. The van der Waals surface area contributed by atoms with E-state index in [0.717, 1.165) is 5.82 Å². The Hall–Kier alpha value is -2.15. The predicted molar refractivity (Wildman–Crippen MR) is 83.0 cm³/mol. The molecule has 2 N–H and O–H groups in total. The van der Waals surface area contributed by atoms with Crippen LogP contribution in [-0.2, 0) is 7.05 Å². The number of carbonyl (C=O) groups is 1. The number of imidazole rings is 1. The number of aliphatic hydroxyl groups excluding tert-OH is 1. The average Bonchev–Trinajstić information content (AvgIpc) is 2.98. The molecule has 0 bridgehead atoms. The predicted octanol–water partition coefficient (Wildman–Crippen LogP) is 0.969. The largest absolute Gasteiger partial charge is 0.391 e. The van der Waals surface area contributed by atoms with Gasteiger partial charge in [0.15, 0.2) is 0 Å². The van der Waals surface area contributed by atoms with Crippen molar-refractivity contribution in [1.82, 2.24) is 24.6 Å². The Morgan fingerprint density at radius 2 is 2.09 bits per heavy atom. The first-order chi connectivity index (χ1) is 10.3. The molecule has 7 heteroatoms. The number of nitrogens with zero attached hydrogens (tertiary/aromatic N) is 4. The quantitative estimate of drug-likeness (QED) is 0.862. The first-order valence-electron chi connectivity index (χ1n) is 7.33. The van der Waals surface area contributed by atoms with Crippen LogP contribution in [0.4, 0.5) is 0 Å². The molecular weight excluding hydrogens is 282 g/mol. The molecule has 0 saturated carbocycles. The second-order valence-corrected chi connectivity index (χ2v) is 5.77. The van der Waals surface area contributed by atoms with Crippen molar-refractivity contribution in [3.8, 4) is 5.82 Å². The van der Waals surface area contributed by atoms with Crippen LogP contribution in [0.2, 0.25) is 0 Å². The third-order valence-electron chi connectivity index (χ3n) is 3.71. The van der Waals surface area contributed by atoms with E-state index >= 15 is 0 Å². The summed E-state index contributed by atoms with van der Waals surface area (Å²) in [4.78, 5) is 16.7. The van der Waals surface area contributed by atoms with E-state index in [-0.39, 0.29) is 18.4 Å². The molecule has 7 nitrogen and oxygen atoms in total. The first kappa shape index (κ1) is 16.2. The van der Waals surface area contributed by atoms with E-state index in [1.54, 1.807) is 31.0 Å². The van der Waals surface area contributed by atoms with Crippen LogP contribution in [0.5, 0.6) is 0 Å². The van der Waals surface area contributed by atoms with Crippen LogP contribution in [-0.4, -0.2) is 43.0 Å². The monoisotopic (exact) mass is 305 g/mol. The van der Waals surface area contributed by atoms with Crippen molar-refractivity contribution in [2.24, 2.45) is 13.0 Å². The molecule has 0 fully saturated rings. The Balaban J connectivity index is 2.32. The highest BCUT2D eigenvalue weighted by atomic mass is 16.3. The van der Waals surface area contributed by atoms with Crippen LogP contribution in [0.3, 0.4) is 0 Å². The van der Waals surface area contributed by atoms with Crippen LogP contribution in [0, 0.1) is 19.8 Å². The van der Waals surface area contributed by atoms with Gasteiger partial charge in [-0.15, -0.1) is 0 Å². The molecule has 120 valence electrons. The highest BCUT2D eigenvalue weighted by Crippen LogP contribution is 2.19. The van der Waals surface area contributed by atoms with Crippen molar-refractivity contribution in [2.45, 2.75) is 33.8 Å². The summed E-state index contributed by atoms with van der Waals surface area (Å²) in [7, 11) is 1.79. The summed E-state index contributed by atoms with van der Waals surface area (Å²) in [5.41, 5.74) is 1.14. The molecule has 0 spiro atoms. The Morgan fingerprint density at radius 1 is 1.41 bits per heavy atom. The summed E-state index contributed by atoms with van der Waals surface area (Å²) < 4.78 is 3.49. The SMILES string of the molecule is Cc1nn(C)c(-n2ccnc2C)c1C(=O)NCC(O)C(C)C. The van der Waals surface area contributed by atoms with E-state index in [0.29, 0.717) is 17.1 Å². The molecule has 1 unspecified atom stereocenters. The zero-order valence-corrected chi connectivity index (χ0v) is 13.7. The zero-order valence-electron chi connectivity index (χ0n) is 13.7. The van der Waals surface area contributed by atoms with Gasteiger partial charge in [0.25, 0.3) is 5.91 Å². The summed E-state index contributed by atoms with van der Waals surface area (Å²) >= 11 is 0. The van der Waals surface area contributed by atoms with E-state index in [2.05, 4.69) is 15.4 Å². The standard InChI is InChI=1S/C15H23N5O2/c1-9(2)12(21)8-17-14(22)13-10(3)18-19(5)15(13)20-7-6-16-11(20)4/h6-7,9,12,21H,8H2,1-5H3,(H,17,22). The molecule has 2 rings (SSSR count). The summed E-state index contributed by atoms with van der Waals surface area (Å²) in [6.07, 6.45) is 2.91. The maximum atomic E-state index is 12.5. The molecule has 0 radical (unpaired) electrons. The number of hydrogen-bond acceptors (Lipinski definition) is 4. The number of hydrogen-bond donors (Lipinski definition) is 2. The minimum absolute atomic E-state index is 0.0886. The highest BCUT2D eigenvalue weighted by Gasteiger charge is 2.23. The molecule has 0 aliphatic carbocycles. The number of aliphatic hydroxyl groups is 1. The number of carbonyl (C=O) groups excluding carboxylic acids is 1. The van der Waals surface area contributed by atoms with Crippen LogP contribution in [0.15, 0.2) is 12.4 Å². The van der Waals surface area contributed by atoms with Gasteiger partial charge in [-0.1, -0.05) is 13.8 Å². The van der Waals surface area contributed by atoms with E-state index in [9.17, 15) is 9.90 Å². The highest BCUT2D eigenvalue weighted by molar-refractivity contribution is 5.98. The van der Waals surface area contributed by atoms with E-state index in [1.165, 1.54) is 0 Å². The molecule has 2 heterocycles. The molecule has 1 atom stereocenters. The average molecular weight is 305 g/mol. The molecule has 0 aliphatic heterocycles. The summed E-state index contributed by atoms with van der Waals surface area (Å²) in [5, 5.41) is 17.0. The number of rotatable bonds is 5. The molecule has 1 amide bonds. The summed E-state index contributed by atoms with van der Waals surface area (Å²) in [6, 6.07) is 0. The number of aryl methyl sites for hydroxylation is 3. The first-order valence-corrected chi connectivity index (χ1v) is 7.33. The third-order valence-corrected chi connectivity index (χ3v) is 3.71. The van der Waals surface area contributed by atoms with E-state index in [1.807, 2.05) is 25.3 Å². The normalized spacial score (nSPS) is 12.7. The lowest BCUT2D eigenvalue weighted by molar-refractivity contribution is 0.0871. The number of aromatic nitrogens is 4. The van der Waals surface area contributed by atoms with Crippen molar-refractivity contribution < 1.29 is 9.90 Å². The van der Waals surface area contributed by atoms with Crippen molar-refractivity contribution in [3.63, 3.8) is 0 Å². The maximum absolute atomic E-state index is 12.5. The van der Waals surface area contributed by atoms with Crippen molar-refractivity contribution in [1.29, 1.82) is 0 Å². The molecule has 22 heavy (non-hydrogen) atoms. The molecule has 0 saturated heterocycles. The maximum Gasteiger partial charge on any atom is 0.257 e. The van der Waals surface area contributed by atoms with Gasteiger partial charge in [0.05, 0.1) is 11.8 Å². The number of amides is 1. The fourth-order valence-corrected chi connectivity index (χ4v) is 2.31. The molecule has 0 aromatic carbocycles. The lowest BCUT2D eigenvalue weighted by Gasteiger charge is -2.15. The molecule has 2 aromatic rings. The van der Waals surface area contributed by atoms with Crippen LogP contribution in [0.1, 0.15) is 35.7 Å². The molecule has 2 aromatic heterocycles.